The number of likely N-dealkylation sites (N-methyl/N-ethyl adjacent to an activating group) is 1. The van der Waals surface area contributed by atoms with Gasteiger partial charge >= 0.3 is 5.97 Å². The van der Waals surface area contributed by atoms with Gasteiger partial charge in [0, 0.05) is 36.0 Å². The van der Waals surface area contributed by atoms with Crippen LogP contribution in [0.3, 0.4) is 0 Å². The monoisotopic (exact) mass is 364 g/mol. The number of rotatable bonds is 7. The van der Waals surface area contributed by atoms with Gasteiger partial charge in [-0.1, -0.05) is 19.1 Å². The van der Waals surface area contributed by atoms with Gasteiger partial charge in [0.1, 0.15) is 5.25 Å². The van der Waals surface area contributed by atoms with Crippen LogP contribution in [0.25, 0.3) is 0 Å². The van der Waals surface area contributed by atoms with Gasteiger partial charge in [-0.05, 0) is 19.1 Å². The van der Waals surface area contributed by atoms with E-state index in [0.717, 1.165) is 5.01 Å². The number of aliphatic carboxylic acids is 1. The van der Waals surface area contributed by atoms with E-state index < -0.39 is 11.2 Å². The minimum Gasteiger partial charge on any atom is -0.480 e. The van der Waals surface area contributed by atoms with Crippen LogP contribution in [-0.4, -0.2) is 45.7 Å². The number of aromatic nitrogens is 1. The van der Waals surface area contributed by atoms with E-state index in [1.54, 1.807) is 54.6 Å². The smallest absolute Gasteiger partial charge is 0.316 e. The van der Waals surface area contributed by atoms with E-state index in [0.29, 0.717) is 17.0 Å². The molecule has 1 aromatic carbocycles. The molecule has 7 heteroatoms. The van der Waals surface area contributed by atoms with Gasteiger partial charge in [0.15, 0.2) is 0 Å². The second-order valence-electron chi connectivity index (χ2n) is 5.55. The molecule has 1 amide bonds. The van der Waals surface area contributed by atoms with Crippen molar-refractivity contribution in [3.8, 4) is 0 Å². The number of benzene rings is 1. The Hall–Kier alpha value is -1.86. The zero-order valence-electron chi connectivity index (χ0n) is 13.8. The Morgan fingerprint density at radius 1 is 1.33 bits per heavy atom. The fourth-order valence-corrected chi connectivity index (χ4v) is 3.85. The molecule has 1 N–H and O–H groups in total. The highest BCUT2D eigenvalue weighted by atomic mass is 32.2. The minimum absolute atomic E-state index is 0.112. The van der Waals surface area contributed by atoms with Crippen molar-refractivity contribution in [1.29, 1.82) is 0 Å². The van der Waals surface area contributed by atoms with Crippen LogP contribution in [0.5, 0.6) is 0 Å². The third-order valence-corrected chi connectivity index (χ3v) is 5.71. The molecule has 0 fully saturated rings. The Morgan fingerprint density at radius 3 is 2.67 bits per heavy atom. The summed E-state index contributed by atoms with van der Waals surface area (Å²) in [5.74, 6) is -0.858. The number of amides is 1. The lowest BCUT2D eigenvalue weighted by Gasteiger charge is -2.22. The van der Waals surface area contributed by atoms with Gasteiger partial charge in [0.25, 0.3) is 5.91 Å². The molecule has 0 saturated carbocycles. The lowest BCUT2D eigenvalue weighted by molar-refractivity contribution is -0.136. The summed E-state index contributed by atoms with van der Waals surface area (Å²) < 4.78 is 0. The van der Waals surface area contributed by atoms with E-state index in [4.69, 9.17) is 5.11 Å². The Labute approximate surface area is 149 Å². The molecule has 0 aliphatic carbocycles. The summed E-state index contributed by atoms with van der Waals surface area (Å²) >= 11 is 2.76. The maximum absolute atomic E-state index is 12.8. The van der Waals surface area contributed by atoms with E-state index in [1.165, 1.54) is 11.8 Å². The van der Waals surface area contributed by atoms with Crippen molar-refractivity contribution in [2.45, 2.75) is 29.9 Å². The quantitative estimate of drug-likeness (QED) is 0.760. The first-order valence-electron chi connectivity index (χ1n) is 7.53. The van der Waals surface area contributed by atoms with Crippen LogP contribution in [0, 0.1) is 0 Å². The van der Waals surface area contributed by atoms with E-state index >= 15 is 0 Å². The van der Waals surface area contributed by atoms with Crippen molar-refractivity contribution in [1.82, 2.24) is 9.88 Å². The Kier molecular flexibility index (Phi) is 6.39. The van der Waals surface area contributed by atoms with E-state index in [2.05, 4.69) is 4.98 Å². The first kappa shape index (κ1) is 18.5. The van der Waals surface area contributed by atoms with Crippen molar-refractivity contribution >= 4 is 35.0 Å². The zero-order valence-corrected chi connectivity index (χ0v) is 15.4. The van der Waals surface area contributed by atoms with Crippen LogP contribution >= 0.6 is 23.1 Å². The maximum atomic E-state index is 12.8. The number of carboxylic acid groups (broad SMARTS) is 1. The number of carbonyl (C=O) groups excluding carboxylic acids is 1. The normalized spacial score (nSPS) is 13.3. The molecule has 0 aliphatic rings. The van der Waals surface area contributed by atoms with Crippen LogP contribution < -0.4 is 0 Å². The lowest BCUT2D eigenvalue weighted by Crippen LogP contribution is -2.30. The molecule has 5 nitrogen and oxygen atoms in total. The van der Waals surface area contributed by atoms with Crippen molar-refractivity contribution in [3.63, 3.8) is 0 Å². The zero-order chi connectivity index (χ0) is 17.7. The number of carbonyl (C=O) groups is 2. The molecule has 128 valence electrons. The van der Waals surface area contributed by atoms with Crippen molar-refractivity contribution in [2.75, 3.05) is 13.6 Å². The van der Waals surface area contributed by atoms with Crippen LogP contribution in [0.2, 0.25) is 0 Å². The highest BCUT2D eigenvalue weighted by Gasteiger charge is 2.21. The summed E-state index contributed by atoms with van der Waals surface area (Å²) in [4.78, 5) is 30.5. The van der Waals surface area contributed by atoms with Crippen molar-refractivity contribution < 1.29 is 14.7 Å². The van der Waals surface area contributed by atoms with Crippen LogP contribution in [-0.2, 0) is 4.79 Å². The second-order valence-corrected chi connectivity index (χ2v) is 7.86. The van der Waals surface area contributed by atoms with E-state index in [1.807, 2.05) is 18.4 Å². The molecule has 0 spiro atoms. The Bertz CT molecular complexity index is 704. The first-order valence-corrected chi connectivity index (χ1v) is 9.29. The van der Waals surface area contributed by atoms with Crippen LogP contribution in [0.1, 0.15) is 35.1 Å². The molecule has 1 aromatic heterocycles. The molecule has 0 saturated heterocycles. The standard InChI is InChI=1S/C17H20N2O3S2/c1-11(15-18-8-9-23-15)10-19(3)16(20)13-6-4-5-7-14(13)24-12(2)17(21)22/h4-9,11-12H,10H2,1-3H3,(H,21,22). The van der Waals surface area contributed by atoms with Crippen LogP contribution in [0.15, 0.2) is 40.7 Å². The van der Waals surface area contributed by atoms with E-state index in [9.17, 15) is 9.59 Å². The summed E-state index contributed by atoms with van der Waals surface area (Å²) in [6.45, 7) is 4.21. The van der Waals surface area contributed by atoms with Gasteiger partial charge < -0.3 is 10.0 Å². The number of carboxylic acids is 1. The Balaban J connectivity index is 2.12. The Morgan fingerprint density at radius 2 is 2.04 bits per heavy atom. The summed E-state index contributed by atoms with van der Waals surface area (Å²) in [6, 6.07) is 7.13. The number of thiazole rings is 1. The molecule has 0 bridgehead atoms. The number of hydrogen-bond donors (Lipinski definition) is 1. The molecule has 0 radical (unpaired) electrons. The summed E-state index contributed by atoms with van der Waals surface area (Å²) in [5, 5.41) is 11.4. The predicted octanol–water partition coefficient (Wildman–Crippen LogP) is 3.58. The van der Waals surface area contributed by atoms with Crippen molar-refractivity contribution in [3.05, 3.63) is 46.4 Å². The number of thioether (sulfide) groups is 1. The molecule has 2 rings (SSSR count). The molecule has 2 aromatic rings. The van der Waals surface area contributed by atoms with Gasteiger partial charge in [-0.2, -0.15) is 0 Å². The number of hydrogen-bond acceptors (Lipinski definition) is 5. The maximum Gasteiger partial charge on any atom is 0.316 e. The lowest BCUT2D eigenvalue weighted by atomic mass is 10.1. The summed E-state index contributed by atoms with van der Waals surface area (Å²) in [7, 11) is 1.76. The fraction of sp³-hybridized carbons (Fsp3) is 0.353. The third-order valence-electron chi connectivity index (χ3n) is 3.54. The molecule has 0 aliphatic heterocycles. The summed E-state index contributed by atoms with van der Waals surface area (Å²) in [6.07, 6.45) is 1.76. The molecular weight excluding hydrogens is 344 g/mol. The topological polar surface area (TPSA) is 70.5 Å². The average molecular weight is 364 g/mol. The second kappa shape index (κ2) is 8.30. The SMILES string of the molecule is CC(Sc1ccccc1C(=O)N(C)CC(C)c1nccs1)C(=O)O. The molecule has 2 atom stereocenters. The third kappa shape index (κ3) is 4.58. The van der Waals surface area contributed by atoms with Gasteiger partial charge in [-0.15, -0.1) is 23.1 Å². The first-order chi connectivity index (χ1) is 11.4. The van der Waals surface area contributed by atoms with Crippen molar-refractivity contribution in [2.24, 2.45) is 0 Å². The molecule has 1 heterocycles. The summed E-state index contributed by atoms with van der Waals surface area (Å²) in [5.41, 5.74) is 0.532. The van der Waals surface area contributed by atoms with Gasteiger partial charge in [-0.25, -0.2) is 4.98 Å². The van der Waals surface area contributed by atoms with Gasteiger partial charge in [0.2, 0.25) is 0 Å². The van der Waals surface area contributed by atoms with Gasteiger partial charge in [-0.3, -0.25) is 9.59 Å². The fourth-order valence-electron chi connectivity index (χ4n) is 2.24. The largest absolute Gasteiger partial charge is 0.480 e. The van der Waals surface area contributed by atoms with E-state index in [-0.39, 0.29) is 11.8 Å². The minimum atomic E-state index is -0.895. The highest BCUT2D eigenvalue weighted by Crippen LogP contribution is 2.28. The molecule has 2 unspecified atom stereocenters. The average Bonchev–Trinajstić information content (AvgIpc) is 3.09. The molecule has 24 heavy (non-hydrogen) atoms. The predicted molar refractivity (Wildman–Crippen MR) is 96.9 cm³/mol. The van der Waals surface area contributed by atoms with Crippen LogP contribution in [0.4, 0.5) is 0 Å². The number of nitrogens with zero attached hydrogens (tertiary/aromatic N) is 2. The molecular formula is C17H20N2O3S2. The highest BCUT2D eigenvalue weighted by molar-refractivity contribution is 8.00. The van der Waals surface area contributed by atoms with Gasteiger partial charge in [0.05, 0.1) is 10.6 Å².